The topological polar surface area (TPSA) is 90.9 Å². The Morgan fingerprint density at radius 3 is 2.18 bits per heavy atom. The molecule has 0 bridgehead atoms. The summed E-state index contributed by atoms with van der Waals surface area (Å²) in [5, 5.41) is 2.79. The van der Waals surface area contributed by atoms with E-state index in [0.29, 0.717) is 28.3 Å². The monoisotopic (exact) mass is 383 g/mol. The summed E-state index contributed by atoms with van der Waals surface area (Å²) in [4.78, 5) is 36.2. The van der Waals surface area contributed by atoms with E-state index in [1.807, 2.05) is 0 Å². The number of amides is 1. The quantitative estimate of drug-likeness (QED) is 0.556. The molecule has 7 heteroatoms. The summed E-state index contributed by atoms with van der Waals surface area (Å²) < 4.78 is 15.4. The lowest BCUT2D eigenvalue weighted by Crippen LogP contribution is -2.15. The van der Waals surface area contributed by atoms with Crippen molar-refractivity contribution in [3.05, 3.63) is 53.6 Å². The highest BCUT2D eigenvalue weighted by Crippen LogP contribution is 2.30. The SMILES string of the molecule is COc1ccc(C(=O)COC(=O)c2ccc(NC(=O)C3CC3)cc2)cc1OC. The number of methoxy groups -OCH3 is 2. The Balaban J connectivity index is 1.55. The van der Waals surface area contributed by atoms with Crippen molar-refractivity contribution in [1.29, 1.82) is 0 Å². The Labute approximate surface area is 162 Å². The molecule has 1 aliphatic rings. The molecule has 0 radical (unpaired) electrons. The van der Waals surface area contributed by atoms with Crippen LogP contribution in [-0.2, 0) is 9.53 Å². The smallest absolute Gasteiger partial charge is 0.338 e. The Morgan fingerprint density at radius 1 is 0.929 bits per heavy atom. The molecule has 1 saturated carbocycles. The van der Waals surface area contributed by atoms with Crippen molar-refractivity contribution in [2.24, 2.45) is 5.92 Å². The van der Waals surface area contributed by atoms with E-state index in [9.17, 15) is 14.4 Å². The van der Waals surface area contributed by atoms with Crippen LogP contribution in [0.4, 0.5) is 5.69 Å². The average Bonchev–Trinajstić information content (AvgIpc) is 3.57. The normalized spacial score (nSPS) is 12.8. The first-order valence-corrected chi connectivity index (χ1v) is 8.85. The number of Topliss-reactive ketones (excluding diaryl/α,β-unsaturated/α-hetero) is 1. The molecule has 1 aliphatic carbocycles. The number of esters is 1. The lowest BCUT2D eigenvalue weighted by Gasteiger charge is -2.09. The van der Waals surface area contributed by atoms with Gasteiger partial charge in [0.25, 0.3) is 0 Å². The number of rotatable bonds is 8. The highest BCUT2D eigenvalue weighted by molar-refractivity contribution is 6.00. The fourth-order valence-corrected chi connectivity index (χ4v) is 2.59. The second-order valence-electron chi connectivity index (χ2n) is 6.41. The first-order chi connectivity index (χ1) is 13.5. The van der Waals surface area contributed by atoms with Gasteiger partial charge in [-0.1, -0.05) is 0 Å². The number of hydrogen-bond acceptors (Lipinski definition) is 6. The summed E-state index contributed by atoms with van der Waals surface area (Å²) >= 11 is 0. The minimum Gasteiger partial charge on any atom is -0.493 e. The molecule has 3 rings (SSSR count). The van der Waals surface area contributed by atoms with Crippen LogP contribution in [0.2, 0.25) is 0 Å². The molecule has 1 fully saturated rings. The largest absolute Gasteiger partial charge is 0.493 e. The molecule has 28 heavy (non-hydrogen) atoms. The fraction of sp³-hybridized carbons (Fsp3) is 0.286. The lowest BCUT2D eigenvalue weighted by molar-refractivity contribution is -0.117. The molecule has 0 atom stereocenters. The van der Waals surface area contributed by atoms with Crippen molar-refractivity contribution in [3.8, 4) is 11.5 Å². The van der Waals surface area contributed by atoms with Crippen LogP contribution < -0.4 is 14.8 Å². The van der Waals surface area contributed by atoms with E-state index in [-0.39, 0.29) is 17.6 Å². The van der Waals surface area contributed by atoms with E-state index >= 15 is 0 Å². The predicted molar refractivity (Wildman–Crippen MR) is 102 cm³/mol. The summed E-state index contributed by atoms with van der Waals surface area (Å²) in [6.45, 7) is -0.394. The third kappa shape index (κ3) is 4.68. The molecule has 0 aliphatic heterocycles. The highest BCUT2D eigenvalue weighted by atomic mass is 16.5. The van der Waals surface area contributed by atoms with E-state index in [2.05, 4.69) is 5.32 Å². The van der Waals surface area contributed by atoms with Crippen LogP contribution in [0.25, 0.3) is 0 Å². The zero-order valence-electron chi connectivity index (χ0n) is 15.7. The van der Waals surface area contributed by atoms with Gasteiger partial charge in [0.05, 0.1) is 19.8 Å². The van der Waals surface area contributed by atoms with Crippen molar-refractivity contribution in [1.82, 2.24) is 0 Å². The molecule has 0 saturated heterocycles. The Morgan fingerprint density at radius 2 is 1.57 bits per heavy atom. The van der Waals surface area contributed by atoms with Crippen molar-refractivity contribution >= 4 is 23.3 Å². The number of carbonyl (C=O) groups is 3. The lowest BCUT2D eigenvalue weighted by atomic mass is 10.1. The minimum atomic E-state index is -0.617. The number of ketones is 1. The van der Waals surface area contributed by atoms with E-state index in [1.165, 1.54) is 20.3 Å². The maximum atomic E-state index is 12.3. The van der Waals surface area contributed by atoms with Gasteiger partial charge in [-0.15, -0.1) is 0 Å². The van der Waals surface area contributed by atoms with Crippen LogP contribution in [0, 0.1) is 5.92 Å². The van der Waals surface area contributed by atoms with Gasteiger partial charge in [0, 0.05) is 17.2 Å². The second-order valence-corrected chi connectivity index (χ2v) is 6.41. The van der Waals surface area contributed by atoms with Crippen LogP contribution in [-0.4, -0.2) is 38.5 Å². The maximum Gasteiger partial charge on any atom is 0.338 e. The molecule has 2 aromatic rings. The van der Waals surface area contributed by atoms with Crippen LogP contribution in [0.15, 0.2) is 42.5 Å². The van der Waals surface area contributed by atoms with E-state index in [0.717, 1.165) is 12.8 Å². The van der Waals surface area contributed by atoms with Crippen LogP contribution in [0.1, 0.15) is 33.6 Å². The zero-order valence-corrected chi connectivity index (χ0v) is 15.7. The average molecular weight is 383 g/mol. The third-order valence-electron chi connectivity index (χ3n) is 4.38. The van der Waals surface area contributed by atoms with Gasteiger partial charge in [0.2, 0.25) is 5.91 Å². The van der Waals surface area contributed by atoms with Gasteiger partial charge >= 0.3 is 5.97 Å². The van der Waals surface area contributed by atoms with Crippen molar-refractivity contribution in [2.75, 3.05) is 26.1 Å². The molecular weight excluding hydrogens is 362 g/mol. The molecule has 0 unspecified atom stereocenters. The summed E-state index contributed by atoms with van der Waals surface area (Å²) in [6, 6.07) is 11.1. The first kappa shape index (κ1) is 19.4. The van der Waals surface area contributed by atoms with E-state index in [4.69, 9.17) is 14.2 Å². The molecule has 1 N–H and O–H groups in total. The summed E-state index contributed by atoms with van der Waals surface area (Å²) in [6.07, 6.45) is 1.84. The van der Waals surface area contributed by atoms with Gasteiger partial charge in [-0.3, -0.25) is 9.59 Å². The Hall–Kier alpha value is -3.35. The van der Waals surface area contributed by atoms with E-state index in [1.54, 1.807) is 36.4 Å². The van der Waals surface area contributed by atoms with Crippen LogP contribution in [0.5, 0.6) is 11.5 Å². The number of benzene rings is 2. The second kappa shape index (κ2) is 8.56. The molecule has 1 amide bonds. The Kier molecular flexibility index (Phi) is 5.93. The van der Waals surface area contributed by atoms with Gasteiger partial charge in [-0.05, 0) is 55.3 Å². The highest BCUT2D eigenvalue weighted by Gasteiger charge is 2.29. The van der Waals surface area contributed by atoms with Gasteiger partial charge in [-0.25, -0.2) is 4.79 Å². The maximum absolute atomic E-state index is 12.3. The molecule has 2 aromatic carbocycles. The number of ether oxygens (including phenoxy) is 3. The molecule has 146 valence electrons. The third-order valence-corrected chi connectivity index (χ3v) is 4.38. The molecule has 0 heterocycles. The summed E-state index contributed by atoms with van der Waals surface area (Å²) in [7, 11) is 2.98. The first-order valence-electron chi connectivity index (χ1n) is 8.85. The van der Waals surface area contributed by atoms with Crippen LogP contribution >= 0.6 is 0 Å². The van der Waals surface area contributed by atoms with Crippen molar-refractivity contribution in [2.45, 2.75) is 12.8 Å². The zero-order chi connectivity index (χ0) is 20.1. The number of hydrogen-bond donors (Lipinski definition) is 1. The van der Waals surface area contributed by atoms with Crippen molar-refractivity contribution < 1.29 is 28.6 Å². The van der Waals surface area contributed by atoms with E-state index < -0.39 is 12.6 Å². The molecular formula is C21H21NO6. The number of anilines is 1. The minimum absolute atomic E-state index is 0.00385. The van der Waals surface area contributed by atoms with Crippen molar-refractivity contribution in [3.63, 3.8) is 0 Å². The Bertz CT molecular complexity index is 886. The molecule has 7 nitrogen and oxygen atoms in total. The van der Waals surface area contributed by atoms with Gasteiger partial charge in [-0.2, -0.15) is 0 Å². The summed E-state index contributed by atoms with van der Waals surface area (Å²) in [5.41, 5.74) is 1.27. The molecule has 0 aromatic heterocycles. The standard InChI is InChI=1S/C21H21NO6/c1-26-18-10-7-15(11-19(18)27-2)17(23)12-28-21(25)14-5-8-16(9-6-14)22-20(24)13-3-4-13/h5-11,13H,3-4,12H2,1-2H3,(H,22,24). The predicted octanol–water partition coefficient (Wildman–Crippen LogP) is 3.09. The van der Waals surface area contributed by atoms with Crippen LogP contribution in [0.3, 0.4) is 0 Å². The summed E-state index contributed by atoms with van der Waals surface area (Å²) in [5.74, 6) is 0.0491. The van der Waals surface area contributed by atoms with Gasteiger partial charge in [0.15, 0.2) is 23.9 Å². The number of carbonyl (C=O) groups excluding carboxylic acids is 3. The fourth-order valence-electron chi connectivity index (χ4n) is 2.59. The van der Waals surface area contributed by atoms with Gasteiger partial charge in [0.1, 0.15) is 0 Å². The number of nitrogens with one attached hydrogen (secondary N) is 1. The molecule has 0 spiro atoms. The van der Waals surface area contributed by atoms with Gasteiger partial charge < -0.3 is 19.5 Å².